The molecule has 2 N–H and O–H groups in total. The van der Waals surface area contributed by atoms with E-state index in [4.69, 9.17) is 17.3 Å². The Balaban J connectivity index is 1.66. The van der Waals surface area contributed by atoms with E-state index in [1.165, 1.54) is 0 Å². The lowest BCUT2D eigenvalue weighted by molar-refractivity contribution is 0.642. The Labute approximate surface area is 129 Å². The lowest BCUT2D eigenvalue weighted by atomic mass is 10.2. The molecule has 1 aliphatic rings. The Morgan fingerprint density at radius 3 is 2.29 bits per heavy atom. The molecule has 1 fully saturated rings. The van der Waals surface area contributed by atoms with Crippen LogP contribution in [0.3, 0.4) is 0 Å². The molecule has 1 saturated heterocycles. The van der Waals surface area contributed by atoms with Gasteiger partial charge in [0.25, 0.3) is 0 Å². The molecule has 3 rings (SSSR count). The van der Waals surface area contributed by atoms with Crippen molar-refractivity contribution in [2.75, 3.05) is 36.0 Å². The third-order valence-corrected chi connectivity index (χ3v) is 4.03. The van der Waals surface area contributed by atoms with Crippen molar-refractivity contribution in [2.45, 2.75) is 6.54 Å². The minimum Gasteiger partial charge on any atom is -0.367 e. The second-order valence-corrected chi connectivity index (χ2v) is 5.42. The Hall–Kier alpha value is -1.85. The van der Waals surface area contributed by atoms with Crippen LogP contribution in [0.15, 0.2) is 36.4 Å². The molecule has 2 aromatic rings. The monoisotopic (exact) mass is 303 g/mol. The predicted octanol–water partition coefficient (Wildman–Crippen LogP) is 1.92. The number of anilines is 2. The van der Waals surface area contributed by atoms with E-state index >= 15 is 0 Å². The summed E-state index contributed by atoms with van der Waals surface area (Å²) in [4.78, 5) is 4.54. The standard InChI is InChI=1S/C15H18ClN5/c16-13-3-1-2-4-14(13)20-7-9-21(10-8-20)15-6-5-12(11-17)18-19-15/h1-6H,7-11,17H2. The van der Waals surface area contributed by atoms with Gasteiger partial charge in [-0.3, -0.25) is 0 Å². The smallest absolute Gasteiger partial charge is 0.151 e. The summed E-state index contributed by atoms with van der Waals surface area (Å²) in [6.45, 7) is 4.07. The minimum atomic E-state index is 0.424. The molecule has 0 amide bonds. The number of benzene rings is 1. The summed E-state index contributed by atoms with van der Waals surface area (Å²) in [5.74, 6) is 0.908. The van der Waals surface area contributed by atoms with Gasteiger partial charge in [0, 0.05) is 32.7 Å². The Bertz CT molecular complexity index is 593. The van der Waals surface area contributed by atoms with Gasteiger partial charge in [0.2, 0.25) is 0 Å². The summed E-state index contributed by atoms with van der Waals surface area (Å²) in [5.41, 5.74) is 7.45. The van der Waals surface area contributed by atoms with Crippen LogP contribution < -0.4 is 15.5 Å². The van der Waals surface area contributed by atoms with Crippen LogP contribution in [0.1, 0.15) is 5.69 Å². The third kappa shape index (κ3) is 3.09. The van der Waals surface area contributed by atoms with Gasteiger partial charge in [-0.1, -0.05) is 23.7 Å². The summed E-state index contributed by atoms with van der Waals surface area (Å²) >= 11 is 6.25. The molecule has 0 saturated carbocycles. The van der Waals surface area contributed by atoms with Crippen molar-refractivity contribution < 1.29 is 0 Å². The molecule has 2 heterocycles. The first-order chi connectivity index (χ1) is 10.3. The fourth-order valence-electron chi connectivity index (χ4n) is 2.52. The lowest BCUT2D eigenvalue weighted by Gasteiger charge is -2.36. The van der Waals surface area contributed by atoms with Crippen molar-refractivity contribution in [3.05, 3.63) is 47.1 Å². The average Bonchev–Trinajstić information content (AvgIpc) is 2.56. The van der Waals surface area contributed by atoms with Gasteiger partial charge in [0.15, 0.2) is 5.82 Å². The fraction of sp³-hybridized carbons (Fsp3) is 0.333. The summed E-state index contributed by atoms with van der Waals surface area (Å²) in [5, 5.41) is 9.16. The van der Waals surface area contributed by atoms with Crippen LogP contribution in [0, 0.1) is 0 Å². The maximum absolute atomic E-state index is 6.25. The fourth-order valence-corrected chi connectivity index (χ4v) is 2.77. The average molecular weight is 304 g/mol. The summed E-state index contributed by atoms with van der Waals surface area (Å²) in [6.07, 6.45) is 0. The van der Waals surface area contributed by atoms with Gasteiger partial charge in [0.05, 0.1) is 16.4 Å². The normalized spacial score (nSPS) is 15.3. The largest absolute Gasteiger partial charge is 0.367 e. The van der Waals surface area contributed by atoms with Crippen molar-refractivity contribution in [2.24, 2.45) is 5.73 Å². The van der Waals surface area contributed by atoms with Crippen molar-refractivity contribution in [3.8, 4) is 0 Å². The second kappa shape index (κ2) is 6.28. The topological polar surface area (TPSA) is 58.3 Å². The Morgan fingerprint density at radius 2 is 1.67 bits per heavy atom. The molecule has 0 radical (unpaired) electrons. The van der Waals surface area contributed by atoms with Crippen molar-refractivity contribution >= 4 is 23.1 Å². The number of hydrogen-bond acceptors (Lipinski definition) is 5. The third-order valence-electron chi connectivity index (χ3n) is 3.71. The highest BCUT2D eigenvalue weighted by atomic mass is 35.5. The molecule has 1 aromatic heterocycles. The summed E-state index contributed by atoms with van der Waals surface area (Å²) in [6, 6.07) is 11.9. The molecule has 21 heavy (non-hydrogen) atoms. The number of rotatable bonds is 3. The Morgan fingerprint density at radius 1 is 0.952 bits per heavy atom. The van der Waals surface area contributed by atoms with Crippen molar-refractivity contribution in [1.29, 1.82) is 0 Å². The zero-order valence-corrected chi connectivity index (χ0v) is 12.5. The van der Waals surface area contributed by atoms with E-state index < -0.39 is 0 Å². The molecule has 0 spiro atoms. The highest BCUT2D eigenvalue weighted by Gasteiger charge is 2.19. The number of aromatic nitrogens is 2. The van der Waals surface area contributed by atoms with Gasteiger partial charge in [-0.15, -0.1) is 5.10 Å². The molecule has 0 aliphatic carbocycles. The first kappa shape index (κ1) is 14.1. The predicted molar refractivity (Wildman–Crippen MR) is 85.8 cm³/mol. The number of nitrogens with zero attached hydrogens (tertiary/aromatic N) is 4. The molecule has 0 bridgehead atoms. The van der Waals surface area contributed by atoms with Crippen molar-refractivity contribution in [1.82, 2.24) is 10.2 Å². The SMILES string of the molecule is NCc1ccc(N2CCN(c3ccccc3Cl)CC2)nn1. The number of halogens is 1. The van der Waals surface area contributed by atoms with Crippen LogP contribution in [0.5, 0.6) is 0 Å². The maximum Gasteiger partial charge on any atom is 0.151 e. The van der Waals surface area contributed by atoms with E-state index in [9.17, 15) is 0 Å². The second-order valence-electron chi connectivity index (χ2n) is 5.01. The van der Waals surface area contributed by atoms with Crippen LogP contribution in [0.2, 0.25) is 5.02 Å². The first-order valence-corrected chi connectivity index (χ1v) is 7.43. The molecule has 1 aromatic carbocycles. The van der Waals surface area contributed by atoms with Gasteiger partial charge in [-0.25, -0.2) is 0 Å². The molecular formula is C15H18ClN5. The van der Waals surface area contributed by atoms with Crippen LogP contribution in [-0.4, -0.2) is 36.4 Å². The molecule has 0 atom stereocenters. The van der Waals surface area contributed by atoms with Crippen LogP contribution in [0.25, 0.3) is 0 Å². The van der Waals surface area contributed by atoms with Gasteiger partial charge in [-0.2, -0.15) is 5.10 Å². The van der Waals surface area contributed by atoms with Crippen molar-refractivity contribution in [3.63, 3.8) is 0 Å². The zero-order valence-electron chi connectivity index (χ0n) is 11.7. The molecular weight excluding hydrogens is 286 g/mol. The summed E-state index contributed by atoms with van der Waals surface area (Å²) in [7, 11) is 0. The quantitative estimate of drug-likeness (QED) is 0.939. The molecule has 1 aliphatic heterocycles. The lowest BCUT2D eigenvalue weighted by Crippen LogP contribution is -2.47. The van der Waals surface area contributed by atoms with E-state index in [0.717, 1.165) is 48.4 Å². The molecule has 110 valence electrons. The summed E-state index contributed by atoms with van der Waals surface area (Å²) < 4.78 is 0. The van der Waals surface area contributed by atoms with Crippen LogP contribution in [-0.2, 0) is 6.54 Å². The number of hydrogen-bond donors (Lipinski definition) is 1. The van der Waals surface area contributed by atoms with E-state index in [0.29, 0.717) is 6.54 Å². The molecule has 0 unspecified atom stereocenters. The highest BCUT2D eigenvalue weighted by Crippen LogP contribution is 2.26. The van der Waals surface area contributed by atoms with Gasteiger partial charge in [-0.05, 0) is 24.3 Å². The maximum atomic E-state index is 6.25. The van der Waals surface area contributed by atoms with Gasteiger partial charge < -0.3 is 15.5 Å². The highest BCUT2D eigenvalue weighted by molar-refractivity contribution is 6.33. The molecule has 5 nitrogen and oxygen atoms in total. The minimum absolute atomic E-state index is 0.424. The van der Waals surface area contributed by atoms with Gasteiger partial charge in [0.1, 0.15) is 0 Å². The van der Waals surface area contributed by atoms with E-state index in [1.54, 1.807) is 0 Å². The number of piperazine rings is 1. The van der Waals surface area contributed by atoms with Crippen LogP contribution >= 0.6 is 11.6 Å². The van der Waals surface area contributed by atoms with E-state index in [1.807, 2.05) is 30.3 Å². The van der Waals surface area contributed by atoms with Crippen LogP contribution in [0.4, 0.5) is 11.5 Å². The zero-order chi connectivity index (χ0) is 14.7. The van der Waals surface area contributed by atoms with E-state index in [2.05, 4.69) is 26.1 Å². The van der Waals surface area contributed by atoms with Gasteiger partial charge >= 0.3 is 0 Å². The first-order valence-electron chi connectivity index (χ1n) is 7.05. The molecule has 6 heteroatoms. The number of nitrogens with two attached hydrogens (primary N) is 1. The Kier molecular flexibility index (Phi) is 4.22. The number of para-hydroxylation sites is 1. The van der Waals surface area contributed by atoms with E-state index in [-0.39, 0.29) is 0 Å².